The molecule has 0 bridgehead atoms. The van der Waals surface area contributed by atoms with Crippen molar-refractivity contribution in [1.29, 1.82) is 0 Å². The lowest BCUT2D eigenvalue weighted by atomic mass is 9.98. The SMILES string of the molecule is CCCCc1ncc(CN2CC[C@H](c3ccccc3F)C2)[nH]1. The van der Waals surface area contributed by atoms with E-state index >= 15 is 0 Å². The van der Waals surface area contributed by atoms with Crippen LogP contribution in [-0.4, -0.2) is 28.0 Å². The van der Waals surface area contributed by atoms with E-state index in [2.05, 4.69) is 21.8 Å². The van der Waals surface area contributed by atoms with Gasteiger partial charge in [-0.05, 0) is 31.0 Å². The Morgan fingerprint density at radius 1 is 1.36 bits per heavy atom. The van der Waals surface area contributed by atoms with Crippen LogP contribution in [0.3, 0.4) is 0 Å². The Kier molecular flexibility index (Phi) is 4.88. The van der Waals surface area contributed by atoms with Crippen molar-refractivity contribution in [2.45, 2.75) is 45.1 Å². The molecule has 3 rings (SSSR count). The van der Waals surface area contributed by atoms with Gasteiger partial charge >= 0.3 is 0 Å². The van der Waals surface area contributed by atoms with Gasteiger partial charge in [0.05, 0.1) is 0 Å². The lowest BCUT2D eigenvalue weighted by Crippen LogP contribution is -2.20. The summed E-state index contributed by atoms with van der Waals surface area (Å²) in [5, 5.41) is 0. The average Bonchev–Trinajstić information content (AvgIpc) is 3.16. The van der Waals surface area contributed by atoms with E-state index in [1.54, 1.807) is 12.1 Å². The molecule has 1 N–H and O–H groups in total. The van der Waals surface area contributed by atoms with Gasteiger partial charge in [-0.3, -0.25) is 4.90 Å². The van der Waals surface area contributed by atoms with Crippen molar-refractivity contribution in [3.63, 3.8) is 0 Å². The number of benzene rings is 1. The summed E-state index contributed by atoms with van der Waals surface area (Å²) in [6, 6.07) is 7.17. The minimum Gasteiger partial charge on any atom is -0.345 e. The molecule has 2 aromatic rings. The van der Waals surface area contributed by atoms with Crippen LogP contribution in [0.2, 0.25) is 0 Å². The first-order valence-corrected chi connectivity index (χ1v) is 8.25. The van der Waals surface area contributed by atoms with Crippen LogP contribution >= 0.6 is 0 Å². The van der Waals surface area contributed by atoms with E-state index in [1.165, 1.54) is 18.5 Å². The summed E-state index contributed by atoms with van der Waals surface area (Å²) in [4.78, 5) is 10.2. The molecule has 0 radical (unpaired) electrons. The highest BCUT2D eigenvalue weighted by Crippen LogP contribution is 2.29. The van der Waals surface area contributed by atoms with Gasteiger partial charge in [0.25, 0.3) is 0 Å². The molecule has 0 unspecified atom stereocenters. The van der Waals surface area contributed by atoms with Crippen LogP contribution in [0.4, 0.5) is 4.39 Å². The summed E-state index contributed by atoms with van der Waals surface area (Å²) in [5.74, 6) is 1.32. The smallest absolute Gasteiger partial charge is 0.126 e. The van der Waals surface area contributed by atoms with E-state index in [4.69, 9.17) is 0 Å². The van der Waals surface area contributed by atoms with E-state index in [1.807, 2.05) is 18.3 Å². The molecule has 1 atom stereocenters. The van der Waals surface area contributed by atoms with Crippen molar-refractivity contribution in [1.82, 2.24) is 14.9 Å². The zero-order valence-electron chi connectivity index (χ0n) is 13.2. The molecule has 1 aliphatic heterocycles. The van der Waals surface area contributed by atoms with Crippen molar-refractivity contribution in [3.8, 4) is 0 Å². The fraction of sp³-hybridized carbons (Fsp3) is 0.500. The molecule has 1 aromatic heterocycles. The summed E-state index contributed by atoms with van der Waals surface area (Å²) >= 11 is 0. The maximum Gasteiger partial charge on any atom is 0.126 e. The van der Waals surface area contributed by atoms with Crippen molar-refractivity contribution in [2.24, 2.45) is 0 Å². The maximum absolute atomic E-state index is 13.9. The number of aryl methyl sites for hydroxylation is 1. The monoisotopic (exact) mass is 301 g/mol. The molecular weight excluding hydrogens is 277 g/mol. The van der Waals surface area contributed by atoms with Crippen LogP contribution in [0.25, 0.3) is 0 Å². The number of hydrogen-bond donors (Lipinski definition) is 1. The zero-order chi connectivity index (χ0) is 15.4. The van der Waals surface area contributed by atoms with Gasteiger partial charge in [0.1, 0.15) is 11.6 Å². The molecule has 2 heterocycles. The number of unbranched alkanes of at least 4 members (excludes halogenated alkanes) is 1. The summed E-state index contributed by atoms with van der Waals surface area (Å²) < 4.78 is 13.9. The van der Waals surface area contributed by atoms with Gasteiger partial charge in [0.15, 0.2) is 0 Å². The van der Waals surface area contributed by atoms with Gasteiger partial charge in [-0.25, -0.2) is 9.37 Å². The van der Waals surface area contributed by atoms with Crippen LogP contribution in [0.1, 0.15) is 49.2 Å². The molecule has 22 heavy (non-hydrogen) atoms. The highest BCUT2D eigenvalue weighted by Gasteiger charge is 2.25. The van der Waals surface area contributed by atoms with Crippen LogP contribution in [-0.2, 0) is 13.0 Å². The van der Waals surface area contributed by atoms with Gasteiger partial charge in [-0.1, -0.05) is 31.5 Å². The van der Waals surface area contributed by atoms with Gasteiger partial charge in [0, 0.05) is 37.3 Å². The van der Waals surface area contributed by atoms with Gasteiger partial charge < -0.3 is 4.98 Å². The number of nitrogens with zero attached hydrogens (tertiary/aromatic N) is 2. The first-order chi connectivity index (χ1) is 10.8. The third kappa shape index (κ3) is 3.55. The number of rotatable bonds is 6. The molecule has 1 fully saturated rings. The zero-order valence-corrected chi connectivity index (χ0v) is 13.2. The van der Waals surface area contributed by atoms with E-state index in [9.17, 15) is 4.39 Å². The number of hydrogen-bond acceptors (Lipinski definition) is 2. The highest BCUT2D eigenvalue weighted by molar-refractivity contribution is 5.23. The first kappa shape index (κ1) is 15.2. The molecule has 0 aliphatic carbocycles. The molecule has 1 saturated heterocycles. The summed E-state index contributed by atoms with van der Waals surface area (Å²) in [7, 11) is 0. The second-order valence-corrected chi connectivity index (χ2v) is 6.20. The Morgan fingerprint density at radius 2 is 2.23 bits per heavy atom. The Balaban J connectivity index is 1.57. The second kappa shape index (κ2) is 7.05. The summed E-state index contributed by atoms with van der Waals surface area (Å²) in [6.45, 7) is 5.01. The predicted octanol–water partition coefficient (Wildman–Crippen LogP) is 3.88. The minimum atomic E-state index is -0.0715. The van der Waals surface area contributed by atoms with Gasteiger partial charge in [-0.15, -0.1) is 0 Å². The molecule has 0 saturated carbocycles. The summed E-state index contributed by atoms with van der Waals surface area (Å²) in [6.07, 6.45) is 6.35. The Bertz CT molecular complexity index is 608. The fourth-order valence-electron chi connectivity index (χ4n) is 3.23. The van der Waals surface area contributed by atoms with Crippen LogP contribution in [0, 0.1) is 5.82 Å². The lowest BCUT2D eigenvalue weighted by Gasteiger charge is -2.15. The predicted molar refractivity (Wildman–Crippen MR) is 86.2 cm³/mol. The second-order valence-electron chi connectivity index (χ2n) is 6.20. The van der Waals surface area contributed by atoms with E-state index < -0.39 is 0 Å². The van der Waals surface area contributed by atoms with E-state index in [0.29, 0.717) is 5.92 Å². The normalized spacial score (nSPS) is 18.9. The first-order valence-electron chi connectivity index (χ1n) is 8.25. The molecule has 0 spiro atoms. The molecule has 118 valence electrons. The standard InChI is InChI=1S/C18H24FN3/c1-2-3-8-18-20-11-15(21-18)13-22-10-9-14(12-22)16-6-4-5-7-17(16)19/h4-7,11,14H,2-3,8-10,12-13H2,1H3,(H,20,21)/t14-/m0/s1. The molecule has 1 aliphatic rings. The number of likely N-dealkylation sites (tertiary alicyclic amines) is 1. The molecule has 0 amide bonds. The number of imidazole rings is 1. The van der Waals surface area contributed by atoms with Crippen molar-refractivity contribution >= 4 is 0 Å². The maximum atomic E-state index is 13.9. The average molecular weight is 301 g/mol. The number of aromatic amines is 1. The molecule has 4 heteroatoms. The number of H-pyrrole nitrogens is 1. The van der Waals surface area contributed by atoms with Crippen LogP contribution < -0.4 is 0 Å². The van der Waals surface area contributed by atoms with E-state index in [-0.39, 0.29) is 5.82 Å². The third-order valence-electron chi connectivity index (χ3n) is 4.46. The minimum absolute atomic E-state index is 0.0715. The Labute approximate surface area is 131 Å². The van der Waals surface area contributed by atoms with Gasteiger partial charge in [-0.2, -0.15) is 0 Å². The fourth-order valence-corrected chi connectivity index (χ4v) is 3.23. The number of halogens is 1. The third-order valence-corrected chi connectivity index (χ3v) is 4.46. The number of aromatic nitrogens is 2. The Hall–Kier alpha value is -1.68. The molecule has 1 aromatic carbocycles. The topological polar surface area (TPSA) is 31.9 Å². The van der Waals surface area contributed by atoms with Crippen molar-refractivity contribution < 1.29 is 4.39 Å². The molecule has 3 nitrogen and oxygen atoms in total. The Morgan fingerprint density at radius 3 is 3.05 bits per heavy atom. The van der Waals surface area contributed by atoms with Crippen LogP contribution in [0.5, 0.6) is 0 Å². The summed E-state index contributed by atoms with van der Waals surface area (Å²) in [5.41, 5.74) is 2.03. The quantitative estimate of drug-likeness (QED) is 0.878. The van der Waals surface area contributed by atoms with Crippen LogP contribution in [0.15, 0.2) is 30.5 Å². The van der Waals surface area contributed by atoms with Crippen molar-refractivity contribution in [2.75, 3.05) is 13.1 Å². The van der Waals surface area contributed by atoms with E-state index in [0.717, 1.165) is 43.9 Å². The number of nitrogens with one attached hydrogen (secondary N) is 1. The molecular formula is C18H24FN3. The highest BCUT2D eigenvalue weighted by atomic mass is 19.1. The van der Waals surface area contributed by atoms with Gasteiger partial charge in [0.2, 0.25) is 0 Å². The van der Waals surface area contributed by atoms with Crippen molar-refractivity contribution in [3.05, 3.63) is 53.4 Å². The largest absolute Gasteiger partial charge is 0.345 e. The lowest BCUT2D eigenvalue weighted by molar-refractivity contribution is 0.322.